The number of rotatable bonds is 3. The molecule has 0 aromatic carbocycles. The number of hydrogen-bond donors (Lipinski definition) is 0. The van der Waals surface area contributed by atoms with Crippen molar-refractivity contribution in [1.82, 2.24) is 0 Å². The number of halogens is 1. The second kappa shape index (κ2) is 3.29. The van der Waals surface area contributed by atoms with Crippen LogP contribution in [-0.4, -0.2) is 13.2 Å². The van der Waals surface area contributed by atoms with E-state index in [1.54, 1.807) is 0 Å². The molecule has 2 heteroatoms. The van der Waals surface area contributed by atoms with Crippen LogP contribution in [0.25, 0.3) is 0 Å². The van der Waals surface area contributed by atoms with E-state index < -0.39 is 0 Å². The Morgan fingerprint density at radius 1 is 1.20 bits per heavy atom. The molecule has 0 aromatic heterocycles. The Bertz CT molecular complexity index is 102. The van der Waals surface area contributed by atoms with E-state index in [4.69, 9.17) is 7.85 Å². The lowest BCUT2D eigenvalue weighted by atomic mass is 9.64. The van der Waals surface area contributed by atoms with Crippen molar-refractivity contribution in [2.24, 2.45) is 5.41 Å². The predicted molar refractivity (Wildman–Crippen MR) is 52.0 cm³/mol. The van der Waals surface area contributed by atoms with Gasteiger partial charge in [-0.05, 0) is 5.41 Å². The minimum atomic E-state index is -0.0444. The maximum atomic E-state index is 5.88. The molecule has 0 rings (SSSR count). The summed E-state index contributed by atoms with van der Waals surface area (Å²) < 4.78 is 0. The molecule has 0 spiro atoms. The van der Waals surface area contributed by atoms with Crippen LogP contribution < -0.4 is 0 Å². The molecule has 0 heterocycles. The van der Waals surface area contributed by atoms with Crippen molar-refractivity contribution in [2.75, 3.05) is 5.33 Å². The molecule has 0 aliphatic heterocycles. The Balaban J connectivity index is 3.89. The molecule has 10 heavy (non-hydrogen) atoms. The van der Waals surface area contributed by atoms with Gasteiger partial charge in [0, 0.05) is 5.33 Å². The lowest BCUT2D eigenvalue weighted by molar-refractivity contribution is 0.341. The first kappa shape index (κ1) is 10.5. The zero-order chi connectivity index (χ0) is 8.41. The van der Waals surface area contributed by atoms with Gasteiger partial charge >= 0.3 is 0 Å². The largest absolute Gasteiger partial charge is 0.0922 e. The van der Waals surface area contributed by atoms with Crippen LogP contribution in [0.3, 0.4) is 0 Å². The van der Waals surface area contributed by atoms with Crippen LogP contribution in [0.15, 0.2) is 0 Å². The third-order valence-electron chi connectivity index (χ3n) is 1.30. The molecule has 58 valence electrons. The van der Waals surface area contributed by atoms with Crippen molar-refractivity contribution in [3.05, 3.63) is 0 Å². The van der Waals surface area contributed by atoms with Crippen LogP contribution >= 0.6 is 15.9 Å². The predicted octanol–water partition coefficient (Wildman–Crippen LogP) is 3.16. The molecule has 0 aliphatic rings. The summed E-state index contributed by atoms with van der Waals surface area (Å²) in [6, 6.07) is 0. The highest BCUT2D eigenvalue weighted by Gasteiger charge is 2.23. The van der Waals surface area contributed by atoms with Crippen molar-refractivity contribution in [2.45, 2.75) is 39.4 Å². The summed E-state index contributed by atoms with van der Waals surface area (Å²) in [7, 11) is 5.88. The summed E-state index contributed by atoms with van der Waals surface area (Å²) in [5, 5.41) is 0.970. The highest BCUT2D eigenvalue weighted by Crippen LogP contribution is 2.36. The summed E-state index contributed by atoms with van der Waals surface area (Å²) in [4.78, 5) is 0. The normalized spacial score (nSPS) is 13.7. The highest BCUT2D eigenvalue weighted by atomic mass is 79.9. The van der Waals surface area contributed by atoms with Crippen LogP contribution in [0.5, 0.6) is 0 Å². The molecule has 0 aliphatic carbocycles. The number of alkyl halides is 1. The van der Waals surface area contributed by atoms with E-state index in [1.165, 1.54) is 0 Å². The summed E-state index contributed by atoms with van der Waals surface area (Å²) in [5.41, 5.74) is 0.318. The quantitative estimate of drug-likeness (QED) is 0.488. The first-order chi connectivity index (χ1) is 4.27. The second-order valence-corrected chi connectivity index (χ2v) is 5.02. The molecular weight excluding hydrogens is 187 g/mol. The van der Waals surface area contributed by atoms with Crippen LogP contribution in [0, 0.1) is 5.41 Å². The van der Waals surface area contributed by atoms with Gasteiger partial charge in [-0.1, -0.05) is 55.4 Å². The Labute approximate surface area is 74.3 Å². The minimum Gasteiger partial charge on any atom is -0.0922 e. The van der Waals surface area contributed by atoms with E-state index >= 15 is 0 Å². The summed E-state index contributed by atoms with van der Waals surface area (Å²) in [6.07, 6.45) is 1.05. The molecule has 0 nitrogen and oxygen atoms in total. The van der Waals surface area contributed by atoms with Crippen molar-refractivity contribution in [3.8, 4) is 0 Å². The van der Waals surface area contributed by atoms with E-state index in [2.05, 4.69) is 43.6 Å². The van der Waals surface area contributed by atoms with Crippen molar-refractivity contribution >= 4 is 23.8 Å². The monoisotopic (exact) mass is 202 g/mol. The lowest BCUT2D eigenvalue weighted by Crippen LogP contribution is -2.20. The molecule has 0 fully saturated rings. The fraction of sp³-hybridized carbons (Fsp3) is 1.00. The van der Waals surface area contributed by atoms with Crippen LogP contribution in [-0.2, 0) is 0 Å². The van der Waals surface area contributed by atoms with E-state index in [0.29, 0.717) is 5.41 Å². The highest BCUT2D eigenvalue weighted by molar-refractivity contribution is 9.09. The van der Waals surface area contributed by atoms with E-state index in [9.17, 15) is 0 Å². The first-order valence-corrected chi connectivity index (χ1v) is 4.74. The van der Waals surface area contributed by atoms with Gasteiger partial charge in [-0.3, -0.25) is 0 Å². The SMILES string of the molecule is [B]C(C)(C)CC(C)(C)CBr. The van der Waals surface area contributed by atoms with Gasteiger partial charge < -0.3 is 0 Å². The Hall–Kier alpha value is 0.545. The van der Waals surface area contributed by atoms with Gasteiger partial charge in [-0.25, -0.2) is 0 Å². The molecule has 0 aromatic rings. The molecular formula is C8H16BBr. The van der Waals surface area contributed by atoms with Gasteiger partial charge in [0.15, 0.2) is 0 Å². The zero-order valence-corrected chi connectivity index (χ0v) is 8.96. The minimum absolute atomic E-state index is 0.0444. The molecule has 0 amide bonds. The summed E-state index contributed by atoms with van der Waals surface area (Å²) in [6.45, 7) is 8.57. The molecule has 0 saturated heterocycles. The fourth-order valence-corrected chi connectivity index (χ4v) is 1.48. The average Bonchev–Trinajstić information content (AvgIpc) is 1.60. The molecule has 2 radical (unpaired) electrons. The van der Waals surface area contributed by atoms with E-state index in [0.717, 1.165) is 11.8 Å². The van der Waals surface area contributed by atoms with Gasteiger partial charge in [0.1, 0.15) is 0 Å². The lowest BCUT2D eigenvalue weighted by Gasteiger charge is -2.30. The van der Waals surface area contributed by atoms with E-state index in [-0.39, 0.29) is 5.31 Å². The van der Waals surface area contributed by atoms with Crippen LogP contribution in [0.1, 0.15) is 34.1 Å². The Kier molecular flexibility index (Phi) is 3.47. The standard InChI is InChI=1S/C8H16BBr/c1-7(2,6-10)5-8(3,4)9/h5-6H2,1-4H3. The smallest absolute Gasteiger partial charge is 0.0739 e. The molecule has 0 atom stereocenters. The van der Waals surface area contributed by atoms with Gasteiger partial charge in [-0.2, -0.15) is 0 Å². The van der Waals surface area contributed by atoms with E-state index in [1.807, 2.05) is 0 Å². The van der Waals surface area contributed by atoms with Crippen molar-refractivity contribution in [1.29, 1.82) is 0 Å². The van der Waals surface area contributed by atoms with Gasteiger partial charge in [0.2, 0.25) is 0 Å². The van der Waals surface area contributed by atoms with Crippen molar-refractivity contribution in [3.63, 3.8) is 0 Å². The first-order valence-electron chi connectivity index (χ1n) is 3.62. The zero-order valence-electron chi connectivity index (χ0n) is 7.37. The maximum Gasteiger partial charge on any atom is 0.0739 e. The van der Waals surface area contributed by atoms with Crippen molar-refractivity contribution < 1.29 is 0 Å². The molecule has 0 saturated carbocycles. The summed E-state index contributed by atoms with van der Waals surface area (Å²) >= 11 is 3.47. The molecule has 0 unspecified atom stereocenters. The second-order valence-electron chi connectivity index (χ2n) is 4.46. The number of hydrogen-bond acceptors (Lipinski definition) is 0. The van der Waals surface area contributed by atoms with Crippen LogP contribution in [0.4, 0.5) is 0 Å². The Morgan fingerprint density at radius 3 is 1.70 bits per heavy atom. The molecule has 0 bridgehead atoms. The van der Waals surface area contributed by atoms with Gasteiger partial charge in [0.25, 0.3) is 0 Å². The average molecular weight is 203 g/mol. The van der Waals surface area contributed by atoms with Gasteiger partial charge in [0.05, 0.1) is 7.85 Å². The maximum absolute atomic E-state index is 5.88. The molecule has 0 N–H and O–H groups in total. The fourth-order valence-electron chi connectivity index (χ4n) is 1.28. The van der Waals surface area contributed by atoms with Gasteiger partial charge in [-0.15, -0.1) is 0 Å². The topological polar surface area (TPSA) is 0 Å². The third-order valence-corrected chi connectivity index (χ3v) is 2.81. The van der Waals surface area contributed by atoms with Crippen LogP contribution in [0.2, 0.25) is 5.31 Å². The third kappa shape index (κ3) is 5.34. The summed E-state index contributed by atoms with van der Waals surface area (Å²) in [5.74, 6) is 0. The Morgan fingerprint density at radius 2 is 1.60 bits per heavy atom.